The van der Waals surface area contributed by atoms with Crippen molar-refractivity contribution in [3.05, 3.63) is 58.9 Å². The Bertz CT molecular complexity index is 1080. The Morgan fingerprint density at radius 1 is 1.26 bits per heavy atom. The summed E-state index contributed by atoms with van der Waals surface area (Å²) in [5.41, 5.74) is 3.85. The van der Waals surface area contributed by atoms with Gasteiger partial charge in [0.05, 0.1) is 30.4 Å². The van der Waals surface area contributed by atoms with E-state index in [2.05, 4.69) is 17.0 Å². The second-order valence-corrected chi connectivity index (χ2v) is 8.36. The van der Waals surface area contributed by atoms with Crippen molar-refractivity contribution in [2.24, 2.45) is 0 Å². The standard InChI is InChI=1S/C25H26N4O2/c1-17-22(25(31)16-28-20-10-11-23(28)24(30)14-20)13-21(5-3-2-4-12-26)29(17)19-8-6-18(15-27)7-9-19/h3,5-9,13,20,23-24,30H,2,4,10-11,14,16H2,1H3/b5-3+/t20?,23?,24-/m0/s1. The van der Waals surface area contributed by atoms with Gasteiger partial charge in [-0.25, -0.2) is 0 Å². The van der Waals surface area contributed by atoms with Crippen LogP contribution in [-0.4, -0.2) is 45.1 Å². The number of nitriles is 2. The zero-order valence-corrected chi connectivity index (χ0v) is 17.7. The van der Waals surface area contributed by atoms with Gasteiger partial charge in [0.2, 0.25) is 0 Å². The van der Waals surface area contributed by atoms with E-state index in [1.165, 1.54) is 0 Å². The number of aliphatic hydroxyl groups is 1. The maximum atomic E-state index is 13.3. The Kier molecular flexibility index (Phi) is 6.04. The Morgan fingerprint density at radius 2 is 2.03 bits per heavy atom. The van der Waals surface area contributed by atoms with Crippen LogP contribution in [0.1, 0.15) is 59.4 Å². The lowest BCUT2D eigenvalue weighted by Crippen LogP contribution is -2.36. The lowest BCUT2D eigenvalue weighted by atomic mass is 9.98. The maximum Gasteiger partial charge on any atom is 0.178 e. The van der Waals surface area contributed by atoms with Crippen molar-refractivity contribution in [2.75, 3.05) is 6.54 Å². The summed E-state index contributed by atoms with van der Waals surface area (Å²) in [7, 11) is 0. The monoisotopic (exact) mass is 414 g/mol. The molecule has 31 heavy (non-hydrogen) atoms. The number of carbonyl (C=O) groups excluding carboxylic acids is 1. The summed E-state index contributed by atoms with van der Waals surface area (Å²) in [6.07, 6.45) is 7.42. The lowest BCUT2D eigenvalue weighted by Gasteiger charge is -2.21. The van der Waals surface area contributed by atoms with Crippen molar-refractivity contribution in [2.45, 2.75) is 57.2 Å². The highest BCUT2D eigenvalue weighted by Crippen LogP contribution is 2.37. The van der Waals surface area contributed by atoms with Crippen LogP contribution in [0.3, 0.4) is 0 Å². The van der Waals surface area contributed by atoms with Gasteiger partial charge in [-0.1, -0.05) is 6.08 Å². The van der Waals surface area contributed by atoms with E-state index in [9.17, 15) is 9.90 Å². The smallest absolute Gasteiger partial charge is 0.178 e. The molecule has 0 saturated carbocycles. The molecule has 0 spiro atoms. The Balaban J connectivity index is 1.65. The van der Waals surface area contributed by atoms with E-state index in [-0.39, 0.29) is 17.9 Å². The highest BCUT2D eigenvalue weighted by atomic mass is 16.3. The molecule has 3 atom stereocenters. The molecule has 2 aromatic rings. The molecule has 1 aromatic heterocycles. The van der Waals surface area contributed by atoms with Gasteiger partial charge in [0.1, 0.15) is 0 Å². The number of aromatic nitrogens is 1. The number of ketones is 1. The minimum Gasteiger partial charge on any atom is -0.391 e. The predicted molar refractivity (Wildman–Crippen MR) is 118 cm³/mol. The summed E-state index contributed by atoms with van der Waals surface area (Å²) in [4.78, 5) is 15.4. The fourth-order valence-electron chi connectivity index (χ4n) is 4.98. The van der Waals surface area contributed by atoms with E-state index < -0.39 is 0 Å². The van der Waals surface area contributed by atoms with Crippen LogP contribution in [0.15, 0.2) is 36.4 Å². The van der Waals surface area contributed by atoms with E-state index in [1.54, 1.807) is 12.1 Å². The molecule has 4 rings (SSSR count). The van der Waals surface area contributed by atoms with Crippen LogP contribution in [0.25, 0.3) is 11.8 Å². The molecule has 2 bridgehead atoms. The Morgan fingerprint density at radius 3 is 2.65 bits per heavy atom. The van der Waals surface area contributed by atoms with Gasteiger partial charge in [-0.05, 0) is 69.0 Å². The van der Waals surface area contributed by atoms with Crippen LogP contribution in [0.5, 0.6) is 0 Å². The number of hydrogen-bond acceptors (Lipinski definition) is 5. The number of unbranched alkanes of at least 4 members (excludes halogenated alkanes) is 1. The number of Topliss-reactive ketones (excluding diaryl/α,β-unsaturated/α-hetero) is 1. The van der Waals surface area contributed by atoms with Gasteiger partial charge in [-0.3, -0.25) is 9.69 Å². The molecule has 2 aliphatic heterocycles. The van der Waals surface area contributed by atoms with Crippen molar-refractivity contribution in [1.29, 1.82) is 10.5 Å². The number of fused-ring (bicyclic) bond motifs is 2. The van der Waals surface area contributed by atoms with Gasteiger partial charge in [0, 0.05) is 41.1 Å². The lowest BCUT2D eigenvalue weighted by molar-refractivity contribution is 0.0873. The van der Waals surface area contributed by atoms with Gasteiger partial charge in [0.25, 0.3) is 0 Å². The van der Waals surface area contributed by atoms with Crippen LogP contribution < -0.4 is 0 Å². The number of allylic oxidation sites excluding steroid dienone is 1. The first-order valence-electron chi connectivity index (χ1n) is 10.8. The molecule has 158 valence electrons. The van der Waals surface area contributed by atoms with Gasteiger partial charge in [-0.2, -0.15) is 10.5 Å². The number of aliphatic hydroxyl groups excluding tert-OH is 1. The molecule has 2 aliphatic rings. The van der Waals surface area contributed by atoms with Crippen LogP contribution >= 0.6 is 0 Å². The molecule has 2 fully saturated rings. The van der Waals surface area contributed by atoms with Crippen molar-refractivity contribution in [1.82, 2.24) is 9.47 Å². The second-order valence-electron chi connectivity index (χ2n) is 8.36. The number of carbonyl (C=O) groups is 1. The number of nitrogens with zero attached hydrogens (tertiary/aromatic N) is 4. The number of hydrogen-bond donors (Lipinski definition) is 1. The third-order valence-corrected chi connectivity index (χ3v) is 6.52. The minimum absolute atomic E-state index is 0.0579. The fraction of sp³-hybridized carbons (Fsp3) is 0.400. The summed E-state index contributed by atoms with van der Waals surface area (Å²) in [6.45, 7) is 2.26. The summed E-state index contributed by atoms with van der Waals surface area (Å²) in [5, 5.41) is 28.1. The first-order chi connectivity index (χ1) is 15.0. The van der Waals surface area contributed by atoms with Crippen LogP contribution in [0.2, 0.25) is 0 Å². The quantitative estimate of drug-likeness (QED) is 0.550. The molecule has 1 N–H and O–H groups in total. The van der Waals surface area contributed by atoms with E-state index in [4.69, 9.17) is 10.5 Å². The van der Waals surface area contributed by atoms with Crippen LogP contribution in [0, 0.1) is 29.6 Å². The molecule has 0 aliphatic carbocycles. The second kappa shape index (κ2) is 8.89. The molecule has 1 aromatic carbocycles. The largest absolute Gasteiger partial charge is 0.391 e. The Hall–Kier alpha value is -3.19. The topological polar surface area (TPSA) is 93.1 Å². The summed E-state index contributed by atoms with van der Waals surface area (Å²) >= 11 is 0. The van der Waals surface area contributed by atoms with E-state index >= 15 is 0 Å². The van der Waals surface area contributed by atoms with E-state index in [0.717, 1.165) is 36.3 Å². The Labute approximate surface area is 182 Å². The van der Waals surface area contributed by atoms with Crippen molar-refractivity contribution < 1.29 is 9.90 Å². The van der Waals surface area contributed by atoms with Crippen LogP contribution in [-0.2, 0) is 0 Å². The van der Waals surface area contributed by atoms with Crippen molar-refractivity contribution >= 4 is 11.9 Å². The average molecular weight is 415 g/mol. The number of benzene rings is 1. The first-order valence-corrected chi connectivity index (χ1v) is 10.8. The zero-order chi connectivity index (χ0) is 22.0. The predicted octanol–water partition coefficient (Wildman–Crippen LogP) is 3.75. The third-order valence-electron chi connectivity index (χ3n) is 6.52. The third kappa shape index (κ3) is 4.05. The molecule has 2 unspecified atom stereocenters. The molecule has 0 amide bonds. The molecule has 2 saturated heterocycles. The van der Waals surface area contributed by atoms with E-state index in [1.807, 2.05) is 41.8 Å². The van der Waals surface area contributed by atoms with Gasteiger partial charge >= 0.3 is 0 Å². The summed E-state index contributed by atoms with van der Waals surface area (Å²) < 4.78 is 2.02. The van der Waals surface area contributed by atoms with Gasteiger partial charge < -0.3 is 9.67 Å². The highest BCUT2D eigenvalue weighted by molar-refractivity contribution is 5.99. The SMILES string of the molecule is Cc1c(C(=O)CN2C3CCC2[C@@H](O)C3)cc(/C=C/CCC#N)n1-c1ccc(C#N)cc1. The molecule has 6 heteroatoms. The molecule has 0 radical (unpaired) electrons. The fourth-order valence-corrected chi connectivity index (χ4v) is 4.98. The van der Waals surface area contributed by atoms with Crippen molar-refractivity contribution in [3.8, 4) is 17.8 Å². The van der Waals surface area contributed by atoms with Gasteiger partial charge in [-0.15, -0.1) is 0 Å². The van der Waals surface area contributed by atoms with Crippen molar-refractivity contribution in [3.63, 3.8) is 0 Å². The average Bonchev–Trinajstić information content (AvgIpc) is 3.41. The van der Waals surface area contributed by atoms with E-state index in [0.29, 0.717) is 36.6 Å². The first kappa shape index (κ1) is 21.1. The van der Waals surface area contributed by atoms with Crippen LogP contribution in [0.4, 0.5) is 0 Å². The normalized spacial score (nSPS) is 22.6. The summed E-state index contributed by atoms with van der Waals surface area (Å²) in [5.74, 6) is 0.0579. The summed E-state index contributed by atoms with van der Waals surface area (Å²) in [6, 6.07) is 13.9. The zero-order valence-electron chi connectivity index (χ0n) is 17.7. The maximum absolute atomic E-state index is 13.3. The molecule has 3 heterocycles. The number of rotatable bonds is 7. The molecular formula is C25H26N4O2. The van der Waals surface area contributed by atoms with Gasteiger partial charge in [0.15, 0.2) is 5.78 Å². The highest BCUT2D eigenvalue weighted by Gasteiger charge is 2.46. The molecule has 6 nitrogen and oxygen atoms in total. The molecular weight excluding hydrogens is 388 g/mol. The minimum atomic E-state index is -0.325.